The molecule has 4 rings (SSSR count). The molecule has 1 aliphatic heterocycles. The first kappa shape index (κ1) is 21.2. The standard InChI is InChI=1S/C23H15F2N3O3S/c1-31-23(30)19-18(13-4-8-15(25)9-5-13)16(11-26)20(27)28-21(29)17(32-22(19)28)10-12-2-6-14(24)7-3-12/h2-10,18H,27H2,1H3/b17-10+. The third-order valence-corrected chi connectivity index (χ3v) is 6.15. The molecule has 0 saturated carbocycles. The number of thiazole rings is 1. The fourth-order valence-electron chi connectivity index (χ4n) is 3.55. The Morgan fingerprint density at radius 2 is 1.75 bits per heavy atom. The molecule has 0 bridgehead atoms. The van der Waals surface area contributed by atoms with Crippen molar-refractivity contribution in [3.05, 3.63) is 96.4 Å². The molecule has 2 N–H and O–H groups in total. The lowest BCUT2D eigenvalue weighted by atomic mass is 9.84. The molecular weight excluding hydrogens is 436 g/mol. The van der Waals surface area contributed by atoms with Crippen molar-refractivity contribution < 1.29 is 18.3 Å². The molecule has 32 heavy (non-hydrogen) atoms. The van der Waals surface area contributed by atoms with E-state index in [1.165, 1.54) is 55.6 Å². The van der Waals surface area contributed by atoms with Crippen LogP contribution in [0.5, 0.6) is 0 Å². The van der Waals surface area contributed by atoms with Gasteiger partial charge < -0.3 is 10.5 Å². The van der Waals surface area contributed by atoms with E-state index in [1.807, 2.05) is 6.07 Å². The summed E-state index contributed by atoms with van der Waals surface area (Å²) in [5.74, 6) is -2.71. The fraction of sp³-hybridized carbons (Fsp3) is 0.0870. The van der Waals surface area contributed by atoms with Gasteiger partial charge in [0.2, 0.25) is 0 Å². The quantitative estimate of drug-likeness (QED) is 0.613. The van der Waals surface area contributed by atoms with Crippen LogP contribution in [0.4, 0.5) is 8.78 Å². The van der Waals surface area contributed by atoms with Crippen molar-refractivity contribution in [2.45, 2.75) is 5.92 Å². The monoisotopic (exact) mass is 451 g/mol. The highest BCUT2D eigenvalue weighted by Crippen LogP contribution is 2.36. The third kappa shape index (κ3) is 3.50. The molecular formula is C23H15F2N3O3S. The smallest absolute Gasteiger partial charge is 0.337 e. The maximum Gasteiger partial charge on any atom is 0.337 e. The van der Waals surface area contributed by atoms with Crippen LogP contribution in [0.2, 0.25) is 0 Å². The summed E-state index contributed by atoms with van der Waals surface area (Å²) < 4.78 is 33.2. The molecule has 0 spiro atoms. The lowest BCUT2D eigenvalue weighted by molar-refractivity contribution is -0.134. The van der Waals surface area contributed by atoms with Gasteiger partial charge in [-0.2, -0.15) is 5.26 Å². The summed E-state index contributed by atoms with van der Waals surface area (Å²) in [7, 11) is 1.19. The van der Waals surface area contributed by atoms with Crippen molar-refractivity contribution in [1.29, 1.82) is 5.26 Å². The molecule has 0 saturated heterocycles. The number of hydrogen-bond donors (Lipinski definition) is 1. The van der Waals surface area contributed by atoms with E-state index in [-0.39, 0.29) is 26.2 Å². The number of carbonyl (C=O) groups excluding carboxylic acids is 1. The molecule has 1 aromatic heterocycles. The van der Waals surface area contributed by atoms with Crippen molar-refractivity contribution in [3.8, 4) is 6.07 Å². The van der Waals surface area contributed by atoms with Crippen LogP contribution >= 0.6 is 11.3 Å². The van der Waals surface area contributed by atoms with E-state index in [0.29, 0.717) is 11.1 Å². The van der Waals surface area contributed by atoms with E-state index in [4.69, 9.17) is 10.5 Å². The van der Waals surface area contributed by atoms with Gasteiger partial charge in [-0.15, -0.1) is 11.3 Å². The van der Waals surface area contributed by atoms with Gasteiger partial charge in [0, 0.05) is 0 Å². The highest BCUT2D eigenvalue weighted by molar-refractivity contribution is 7.07. The summed E-state index contributed by atoms with van der Waals surface area (Å²) in [6, 6.07) is 12.8. The Bertz CT molecular complexity index is 1480. The van der Waals surface area contributed by atoms with Gasteiger partial charge in [0.1, 0.15) is 22.1 Å². The second kappa shape index (κ2) is 8.24. The number of nitrogens with zero attached hydrogens (tertiary/aromatic N) is 2. The summed E-state index contributed by atoms with van der Waals surface area (Å²) in [6.07, 6.45) is 1.54. The molecule has 0 aliphatic carbocycles. The zero-order chi connectivity index (χ0) is 23.0. The predicted octanol–water partition coefficient (Wildman–Crippen LogP) is 1.79. The Morgan fingerprint density at radius 3 is 2.31 bits per heavy atom. The van der Waals surface area contributed by atoms with E-state index in [1.54, 1.807) is 6.08 Å². The minimum atomic E-state index is -0.940. The van der Waals surface area contributed by atoms with Crippen LogP contribution in [0.3, 0.4) is 0 Å². The zero-order valence-electron chi connectivity index (χ0n) is 16.6. The van der Waals surface area contributed by atoms with Crippen molar-refractivity contribution in [1.82, 2.24) is 4.57 Å². The Balaban J connectivity index is 2.08. The van der Waals surface area contributed by atoms with Gasteiger partial charge in [-0.05, 0) is 41.5 Å². The number of nitrogens with two attached hydrogens (primary N) is 1. The number of methoxy groups -OCH3 is 1. The number of ether oxygens (including phenoxy) is 1. The number of aromatic nitrogens is 1. The summed E-state index contributed by atoms with van der Waals surface area (Å²) in [5, 5.41) is 9.82. The van der Waals surface area contributed by atoms with Crippen LogP contribution in [-0.2, 0) is 9.53 Å². The van der Waals surface area contributed by atoms with Crippen LogP contribution < -0.4 is 20.5 Å². The summed E-state index contributed by atoms with van der Waals surface area (Å²) in [6.45, 7) is 0. The normalized spacial score (nSPS) is 16.0. The molecule has 1 atom stereocenters. The number of benzene rings is 2. The summed E-state index contributed by atoms with van der Waals surface area (Å²) in [4.78, 5) is 25.9. The number of carbonyl (C=O) groups is 1. The molecule has 2 heterocycles. The highest BCUT2D eigenvalue weighted by atomic mass is 32.1. The molecule has 1 unspecified atom stereocenters. The maximum absolute atomic E-state index is 13.5. The molecule has 0 radical (unpaired) electrons. The van der Waals surface area contributed by atoms with Gasteiger partial charge in [-0.25, -0.2) is 13.6 Å². The molecule has 9 heteroatoms. The SMILES string of the molecule is COC(=O)C1=c2s/c(=C/c3ccc(F)cc3)c(=O)n2C(N)=C(C#N)C1c1ccc(F)cc1. The van der Waals surface area contributed by atoms with Gasteiger partial charge >= 0.3 is 5.97 Å². The number of hydrogen-bond acceptors (Lipinski definition) is 6. The van der Waals surface area contributed by atoms with Gasteiger partial charge in [0.25, 0.3) is 5.56 Å². The van der Waals surface area contributed by atoms with E-state index in [9.17, 15) is 23.6 Å². The van der Waals surface area contributed by atoms with E-state index >= 15 is 0 Å². The first-order valence-corrected chi connectivity index (χ1v) is 10.1. The number of fused-ring (bicyclic) bond motifs is 1. The van der Waals surface area contributed by atoms with Gasteiger partial charge in [0.15, 0.2) is 0 Å². The Kier molecular flexibility index (Phi) is 5.47. The first-order valence-electron chi connectivity index (χ1n) is 9.33. The van der Waals surface area contributed by atoms with Crippen LogP contribution in [-0.4, -0.2) is 17.6 Å². The van der Waals surface area contributed by atoms with Crippen LogP contribution in [0.15, 0.2) is 58.9 Å². The average molecular weight is 451 g/mol. The first-order chi connectivity index (χ1) is 15.3. The maximum atomic E-state index is 13.5. The molecule has 2 aromatic carbocycles. The average Bonchev–Trinajstić information content (AvgIpc) is 3.11. The molecule has 160 valence electrons. The Morgan fingerprint density at radius 1 is 1.16 bits per heavy atom. The number of halogens is 2. The predicted molar refractivity (Wildman–Crippen MR) is 115 cm³/mol. The second-order valence-corrected chi connectivity index (χ2v) is 7.94. The minimum Gasteiger partial charge on any atom is -0.466 e. The molecule has 6 nitrogen and oxygen atoms in total. The van der Waals surface area contributed by atoms with Crippen molar-refractivity contribution in [2.24, 2.45) is 5.73 Å². The minimum absolute atomic E-state index is 0.0299. The fourth-order valence-corrected chi connectivity index (χ4v) is 4.72. The molecule has 1 aliphatic rings. The second-order valence-electron chi connectivity index (χ2n) is 6.91. The molecule has 0 amide bonds. The van der Waals surface area contributed by atoms with E-state index in [0.717, 1.165) is 15.9 Å². The number of esters is 1. The van der Waals surface area contributed by atoms with Gasteiger partial charge in [-0.1, -0.05) is 24.3 Å². The lowest BCUT2D eigenvalue weighted by Crippen LogP contribution is -2.40. The Labute approximate surface area is 184 Å². The molecule has 0 fully saturated rings. The third-order valence-electron chi connectivity index (χ3n) is 5.05. The number of nitriles is 1. The van der Waals surface area contributed by atoms with Crippen LogP contribution in [0.25, 0.3) is 17.5 Å². The number of rotatable bonds is 3. The summed E-state index contributed by atoms with van der Waals surface area (Å²) >= 11 is 0.996. The van der Waals surface area contributed by atoms with Crippen LogP contribution in [0.1, 0.15) is 17.0 Å². The van der Waals surface area contributed by atoms with Gasteiger partial charge in [0.05, 0.1) is 34.8 Å². The van der Waals surface area contributed by atoms with E-state index < -0.39 is 29.1 Å². The summed E-state index contributed by atoms with van der Waals surface area (Å²) in [5.41, 5.74) is 6.72. The van der Waals surface area contributed by atoms with Gasteiger partial charge in [-0.3, -0.25) is 9.36 Å². The van der Waals surface area contributed by atoms with Crippen molar-refractivity contribution >= 4 is 34.8 Å². The largest absolute Gasteiger partial charge is 0.466 e. The molecule has 3 aromatic rings. The highest BCUT2D eigenvalue weighted by Gasteiger charge is 2.36. The lowest BCUT2D eigenvalue weighted by Gasteiger charge is -2.24. The van der Waals surface area contributed by atoms with E-state index in [2.05, 4.69) is 0 Å². The topological polar surface area (TPSA) is 98.1 Å². The zero-order valence-corrected chi connectivity index (χ0v) is 17.5. The van der Waals surface area contributed by atoms with Crippen molar-refractivity contribution in [3.63, 3.8) is 0 Å². The van der Waals surface area contributed by atoms with Crippen molar-refractivity contribution in [2.75, 3.05) is 7.11 Å². The Hall–Kier alpha value is -4.03. The van der Waals surface area contributed by atoms with Crippen LogP contribution in [0, 0.1) is 23.0 Å². The number of allylic oxidation sites excluding steroid dienone is 1.